The quantitative estimate of drug-likeness (QED) is 0.585. The summed E-state index contributed by atoms with van der Waals surface area (Å²) in [5.41, 5.74) is 5.32. The summed E-state index contributed by atoms with van der Waals surface area (Å²) in [5.74, 6) is 0.543. The fourth-order valence-corrected chi connectivity index (χ4v) is 2.85. The van der Waals surface area contributed by atoms with Crippen LogP contribution in [0.25, 0.3) is 0 Å². The summed E-state index contributed by atoms with van der Waals surface area (Å²) in [6.45, 7) is 0.785. The maximum Gasteiger partial charge on any atom is 0.150 e. The highest BCUT2D eigenvalue weighted by Gasteiger charge is 2.09. The molecule has 0 heterocycles. The lowest BCUT2D eigenvalue weighted by atomic mass is 10.2. The van der Waals surface area contributed by atoms with Crippen LogP contribution in [0.5, 0.6) is 0 Å². The minimum atomic E-state index is -2.86. The molecule has 0 aliphatic carbocycles. The standard InChI is InChI=1S/C10H23NO3S.ClH/c11-7-3-1-5-9-15(13,14)10-6-2-4-8-12;/h12H,1-11H2;1H. The van der Waals surface area contributed by atoms with Gasteiger partial charge in [0.25, 0.3) is 0 Å². The lowest BCUT2D eigenvalue weighted by Gasteiger charge is -2.03. The van der Waals surface area contributed by atoms with Crippen molar-refractivity contribution in [2.45, 2.75) is 38.5 Å². The summed E-state index contributed by atoms with van der Waals surface area (Å²) < 4.78 is 22.9. The molecule has 6 heteroatoms. The van der Waals surface area contributed by atoms with Crippen molar-refractivity contribution in [1.82, 2.24) is 0 Å². The molecule has 0 unspecified atom stereocenters. The largest absolute Gasteiger partial charge is 0.396 e. The number of halogens is 1. The normalized spacial score (nSPS) is 11.1. The topological polar surface area (TPSA) is 80.4 Å². The predicted molar refractivity (Wildman–Crippen MR) is 69.7 cm³/mol. The van der Waals surface area contributed by atoms with E-state index in [2.05, 4.69) is 0 Å². The molecule has 0 aromatic carbocycles. The fourth-order valence-electron chi connectivity index (χ4n) is 1.36. The predicted octanol–water partition coefficient (Wildman–Crippen LogP) is 1.11. The van der Waals surface area contributed by atoms with Crippen LogP contribution < -0.4 is 5.73 Å². The van der Waals surface area contributed by atoms with Gasteiger partial charge in [-0.15, -0.1) is 12.4 Å². The second-order valence-corrected chi connectivity index (χ2v) is 6.09. The van der Waals surface area contributed by atoms with Gasteiger partial charge in [0.1, 0.15) is 9.84 Å². The minimum Gasteiger partial charge on any atom is -0.396 e. The van der Waals surface area contributed by atoms with Crippen molar-refractivity contribution in [3.63, 3.8) is 0 Å². The Morgan fingerprint density at radius 3 is 1.81 bits per heavy atom. The molecule has 0 aromatic heterocycles. The SMILES string of the molecule is Cl.NCCCCCS(=O)(=O)CCCCCO. The molecule has 0 fully saturated rings. The van der Waals surface area contributed by atoms with Crippen molar-refractivity contribution in [2.24, 2.45) is 5.73 Å². The van der Waals surface area contributed by atoms with Gasteiger partial charge in [0.15, 0.2) is 0 Å². The van der Waals surface area contributed by atoms with Gasteiger partial charge < -0.3 is 10.8 Å². The highest BCUT2D eigenvalue weighted by atomic mass is 35.5. The Morgan fingerprint density at radius 1 is 0.875 bits per heavy atom. The van der Waals surface area contributed by atoms with Gasteiger partial charge in [-0.25, -0.2) is 8.42 Å². The molecular weight excluding hydrogens is 250 g/mol. The Kier molecular flexibility index (Phi) is 13.5. The fraction of sp³-hybridized carbons (Fsp3) is 1.00. The molecule has 0 aliphatic heterocycles. The molecule has 0 radical (unpaired) electrons. The minimum absolute atomic E-state index is 0. The van der Waals surface area contributed by atoms with E-state index in [0.717, 1.165) is 25.7 Å². The molecular formula is C10H24ClNO3S. The van der Waals surface area contributed by atoms with E-state index >= 15 is 0 Å². The molecule has 3 N–H and O–H groups in total. The second kappa shape index (κ2) is 11.6. The summed E-state index contributed by atoms with van der Waals surface area (Å²) in [5, 5.41) is 8.53. The Bertz CT molecular complexity index is 214. The zero-order valence-corrected chi connectivity index (χ0v) is 11.4. The van der Waals surface area contributed by atoms with Gasteiger partial charge in [-0.3, -0.25) is 0 Å². The van der Waals surface area contributed by atoms with Crippen LogP contribution in [0.15, 0.2) is 0 Å². The number of unbranched alkanes of at least 4 members (excludes halogenated alkanes) is 4. The van der Waals surface area contributed by atoms with Gasteiger partial charge in [-0.05, 0) is 32.2 Å². The highest BCUT2D eigenvalue weighted by Crippen LogP contribution is 2.04. The number of sulfone groups is 1. The van der Waals surface area contributed by atoms with Crippen LogP contribution in [0.2, 0.25) is 0 Å². The number of hydrogen-bond acceptors (Lipinski definition) is 4. The van der Waals surface area contributed by atoms with Crippen LogP contribution in [0.3, 0.4) is 0 Å². The number of rotatable bonds is 10. The molecule has 0 bridgehead atoms. The lowest BCUT2D eigenvalue weighted by Crippen LogP contribution is -2.11. The van der Waals surface area contributed by atoms with Crippen molar-refractivity contribution < 1.29 is 13.5 Å². The number of nitrogens with two attached hydrogens (primary N) is 1. The van der Waals surface area contributed by atoms with Gasteiger partial charge in [0.05, 0.1) is 11.5 Å². The van der Waals surface area contributed by atoms with E-state index < -0.39 is 9.84 Å². The zero-order valence-electron chi connectivity index (χ0n) is 9.73. The smallest absolute Gasteiger partial charge is 0.150 e. The summed E-state index contributed by atoms with van der Waals surface area (Å²) >= 11 is 0. The van der Waals surface area contributed by atoms with Crippen molar-refractivity contribution >= 4 is 22.2 Å². The third-order valence-corrected chi connectivity index (χ3v) is 4.09. The molecule has 0 spiro atoms. The Hall–Kier alpha value is 0.160. The Balaban J connectivity index is 0. The number of hydrogen-bond donors (Lipinski definition) is 2. The van der Waals surface area contributed by atoms with Crippen molar-refractivity contribution in [3.05, 3.63) is 0 Å². The summed E-state index contributed by atoms with van der Waals surface area (Å²) in [4.78, 5) is 0. The van der Waals surface area contributed by atoms with E-state index in [1.165, 1.54) is 0 Å². The summed E-state index contributed by atoms with van der Waals surface area (Å²) in [6, 6.07) is 0. The molecule has 0 saturated carbocycles. The Labute approximate surface area is 105 Å². The molecule has 100 valence electrons. The van der Waals surface area contributed by atoms with Crippen LogP contribution in [0.1, 0.15) is 38.5 Å². The third kappa shape index (κ3) is 12.2. The third-order valence-electron chi connectivity index (χ3n) is 2.27. The number of aliphatic hydroxyl groups is 1. The van der Waals surface area contributed by atoms with E-state index in [9.17, 15) is 8.42 Å². The van der Waals surface area contributed by atoms with E-state index in [1.54, 1.807) is 0 Å². The van der Waals surface area contributed by atoms with Crippen molar-refractivity contribution in [1.29, 1.82) is 0 Å². The average Bonchev–Trinajstić information content (AvgIpc) is 2.20. The van der Waals surface area contributed by atoms with Gasteiger partial charge in [0, 0.05) is 6.61 Å². The first kappa shape index (κ1) is 18.5. The highest BCUT2D eigenvalue weighted by molar-refractivity contribution is 7.91. The van der Waals surface area contributed by atoms with Crippen LogP contribution in [-0.4, -0.2) is 38.2 Å². The van der Waals surface area contributed by atoms with Crippen LogP contribution in [-0.2, 0) is 9.84 Å². The second-order valence-electron chi connectivity index (χ2n) is 3.79. The van der Waals surface area contributed by atoms with E-state index in [0.29, 0.717) is 19.4 Å². The summed E-state index contributed by atoms with van der Waals surface area (Å²) in [7, 11) is -2.86. The average molecular weight is 274 g/mol. The molecule has 4 nitrogen and oxygen atoms in total. The maximum absolute atomic E-state index is 11.5. The van der Waals surface area contributed by atoms with Gasteiger partial charge >= 0.3 is 0 Å². The monoisotopic (exact) mass is 273 g/mol. The molecule has 0 atom stereocenters. The van der Waals surface area contributed by atoms with Gasteiger partial charge in [0.2, 0.25) is 0 Å². The first-order chi connectivity index (χ1) is 7.12. The van der Waals surface area contributed by atoms with E-state index in [-0.39, 0.29) is 30.5 Å². The number of aliphatic hydroxyl groups excluding tert-OH is 1. The Morgan fingerprint density at radius 2 is 1.38 bits per heavy atom. The van der Waals surface area contributed by atoms with Crippen molar-refractivity contribution in [3.8, 4) is 0 Å². The molecule has 0 amide bonds. The van der Waals surface area contributed by atoms with Crippen LogP contribution >= 0.6 is 12.4 Å². The molecule has 0 rings (SSSR count). The lowest BCUT2D eigenvalue weighted by molar-refractivity contribution is 0.284. The van der Waals surface area contributed by atoms with E-state index in [1.807, 2.05) is 0 Å². The van der Waals surface area contributed by atoms with Gasteiger partial charge in [-0.1, -0.05) is 12.8 Å². The maximum atomic E-state index is 11.5. The first-order valence-electron chi connectivity index (χ1n) is 5.64. The molecule has 16 heavy (non-hydrogen) atoms. The van der Waals surface area contributed by atoms with Gasteiger partial charge in [-0.2, -0.15) is 0 Å². The molecule has 0 saturated heterocycles. The summed E-state index contributed by atoms with van der Waals surface area (Å²) in [6.07, 6.45) is 4.67. The van der Waals surface area contributed by atoms with Crippen molar-refractivity contribution in [2.75, 3.05) is 24.7 Å². The molecule has 0 aliphatic rings. The molecule has 0 aromatic rings. The van der Waals surface area contributed by atoms with E-state index in [4.69, 9.17) is 10.8 Å². The zero-order chi connectivity index (χ0) is 11.6. The first-order valence-corrected chi connectivity index (χ1v) is 7.46. The van der Waals surface area contributed by atoms with Crippen LogP contribution in [0, 0.1) is 0 Å². The van der Waals surface area contributed by atoms with Crippen LogP contribution in [0.4, 0.5) is 0 Å².